The van der Waals surface area contributed by atoms with Gasteiger partial charge < -0.3 is 10.2 Å². The van der Waals surface area contributed by atoms with Crippen molar-refractivity contribution in [2.24, 2.45) is 4.99 Å². The van der Waals surface area contributed by atoms with E-state index >= 15 is 0 Å². The van der Waals surface area contributed by atoms with Gasteiger partial charge in [-0.2, -0.15) is 0 Å². The summed E-state index contributed by atoms with van der Waals surface area (Å²) in [5.74, 6) is 0.969. The van der Waals surface area contributed by atoms with Crippen molar-refractivity contribution in [3.8, 4) is 0 Å². The topological polar surface area (TPSA) is 99.2 Å². The van der Waals surface area contributed by atoms with E-state index in [9.17, 15) is 16.8 Å². The molecule has 2 heterocycles. The Morgan fingerprint density at radius 3 is 2.36 bits per heavy atom. The Morgan fingerprint density at radius 2 is 1.84 bits per heavy atom. The fourth-order valence-electron chi connectivity index (χ4n) is 2.96. The van der Waals surface area contributed by atoms with E-state index in [1.807, 2.05) is 11.8 Å². The zero-order chi connectivity index (χ0) is 18.0. The van der Waals surface area contributed by atoms with Crippen LogP contribution in [-0.4, -0.2) is 87.5 Å². The van der Waals surface area contributed by atoms with Crippen LogP contribution in [0.1, 0.15) is 27.2 Å². The average molecular weight is 508 g/mol. The van der Waals surface area contributed by atoms with E-state index in [1.165, 1.54) is 4.31 Å². The van der Waals surface area contributed by atoms with Gasteiger partial charge >= 0.3 is 0 Å². The maximum Gasteiger partial charge on any atom is 0.214 e. The first-order chi connectivity index (χ1) is 11.1. The van der Waals surface area contributed by atoms with Crippen molar-refractivity contribution in [2.45, 2.75) is 31.9 Å². The quantitative estimate of drug-likeness (QED) is 0.329. The minimum absolute atomic E-state index is 0. The molecule has 0 unspecified atom stereocenters. The van der Waals surface area contributed by atoms with E-state index in [4.69, 9.17) is 0 Å². The maximum absolute atomic E-state index is 12.1. The molecule has 0 amide bonds. The summed E-state index contributed by atoms with van der Waals surface area (Å²) in [6, 6.07) is 0. The van der Waals surface area contributed by atoms with E-state index in [0.29, 0.717) is 51.6 Å². The molecule has 0 saturated carbocycles. The Morgan fingerprint density at radius 1 is 1.16 bits per heavy atom. The first-order valence-electron chi connectivity index (χ1n) is 8.32. The molecular weight excluding hydrogens is 479 g/mol. The molecule has 0 aromatic carbocycles. The normalized spacial score (nSPS) is 25.4. The van der Waals surface area contributed by atoms with Gasteiger partial charge in [-0.15, -0.1) is 24.0 Å². The monoisotopic (exact) mass is 508 g/mol. The standard InChI is InChI=1S/C14H28N4O4S2.HI/c1-4-15-13(16-6-8-18-7-5-10-24(18,21)22)17-9-11-23(19,20)14(2,3)12-17;/h4-12H2,1-3H3,(H,15,16);1H. The van der Waals surface area contributed by atoms with Gasteiger partial charge in [0, 0.05) is 32.7 Å². The molecule has 0 aromatic heterocycles. The lowest BCUT2D eigenvalue weighted by molar-refractivity contribution is 0.352. The van der Waals surface area contributed by atoms with Gasteiger partial charge in [-0.05, 0) is 27.2 Å². The summed E-state index contributed by atoms with van der Waals surface area (Å²) in [5.41, 5.74) is 0. The SMILES string of the molecule is CCNC(=NCCN1CCCS1(=O)=O)N1CCS(=O)(=O)C(C)(C)C1.I. The summed E-state index contributed by atoms with van der Waals surface area (Å²) in [7, 11) is -6.21. The second kappa shape index (κ2) is 8.70. The second-order valence-electron chi connectivity index (χ2n) is 6.80. The van der Waals surface area contributed by atoms with Crippen molar-refractivity contribution in [1.82, 2.24) is 14.5 Å². The van der Waals surface area contributed by atoms with Gasteiger partial charge in [0.2, 0.25) is 10.0 Å². The van der Waals surface area contributed by atoms with E-state index in [0.717, 1.165) is 0 Å². The predicted octanol–water partition coefficient (Wildman–Crippen LogP) is 0.114. The van der Waals surface area contributed by atoms with E-state index in [2.05, 4.69) is 10.3 Å². The van der Waals surface area contributed by atoms with Gasteiger partial charge in [-0.1, -0.05) is 0 Å². The number of aliphatic imine (C=N–C) groups is 1. The highest BCUT2D eigenvalue weighted by Gasteiger charge is 2.41. The van der Waals surface area contributed by atoms with Crippen molar-refractivity contribution in [2.75, 3.05) is 50.8 Å². The van der Waals surface area contributed by atoms with Gasteiger partial charge in [0.25, 0.3) is 0 Å². The van der Waals surface area contributed by atoms with Crippen molar-refractivity contribution < 1.29 is 16.8 Å². The van der Waals surface area contributed by atoms with Crippen LogP contribution in [0.3, 0.4) is 0 Å². The van der Waals surface area contributed by atoms with Crippen LogP contribution in [0.15, 0.2) is 4.99 Å². The summed E-state index contributed by atoms with van der Waals surface area (Å²) in [6.07, 6.45) is 0.671. The van der Waals surface area contributed by atoms with Crippen molar-refractivity contribution >= 4 is 49.8 Å². The summed E-state index contributed by atoms with van der Waals surface area (Å²) in [4.78, 5) is 6.46. The molecule has 2 aliphatic heterocycles. The third-order valence-electron chi connectivity index (χ3n) is 4.49. The fraction of sp³-hybridized carbons (Fsp3) is 0.929. The van der Waals surface area contributed by atoms with Crippen LogP contribution in [0.4, 0.5) is 0 Å². The zero-order valence-electron chi connectivity index (χ0n) is 15.1. The lowest BCUT2D eigenvalue weighted by atomic mass is 10.2. The lowest BCUT2D eigenvalue weighted by Crippen LogP contribution is -2.57. The van der Waals surface area contributed by atoms with Crippen molar-refractivity contribution in [1.29, 1.82) is 0 Å². The average Bonchev–Trinajstić information content (AvgIpc) is 2.80. The number of sulfonamides is 1. The van der Waals surface area contributed by atoms with Crippen LogP contribution in [0.2, 0.25) is 0 Å². The molecule has 0 bridgehead atoms. The smallest absolute Gasteiger partial charge is 0.214 e. The van der Waals surface area contributed by atoms with Crippen LogP contribution in [-0.2, 0) is 19.9 Å². The number of nitrogens with one attached hydrogen (secondary N) is 1. The molecule has 11 heteroatoms. The number of sulfone groups is 1. The minimum Gasteiger partial charge on any atom is -0.357 e. The molecule has 0 radical (unpaired) electrons. The largest absolute Gasteiger partial charge is 0.357 e. The molecule has 0 spiro atoms. The van der Waals surface area contributed by atoms with E-state index in [-0.39, 0.29) is 35.5 Å². The van der Waals surface area contributed by atoms with Crippen LogP contribution in [0, 0.1) is 0 Å². The molecule has 2 aliphatic rings. The van der Waals surface area contributed by atoms with Crippen LogP contribution >= 0.6 is 24.0 Å². The number of halogens is 1. The zero-order valence-corrected chi connectivity index (χ0v) is 19.0. The Kier molecular flexibility index (Phi) is 7.97. The Bertz CT molecular complexity index is 692. The third kappa shape index (κ3) is 5.42. The van der Waals surface area contributed by atoms with Crippen LogP contribution < -0.4 is 5.32 Å². The molecule has 0 aromatic rings. The lowest BCUT2D eigenvalue weighted by Gasteiger charge is -2.39. The molecule has 25 heavy (non-hydrogen) atoms. The van der Waals surface area contributed by atoms with Crippen LogP contribution in [0.5, 0.6) is 0 Å². The van der Waals surface area contributed by atoms with Gasteiger partial charge in [-0.3, -0.25) is 4.99 Å². The van der Waals surface area contributed by atoms with Crippen LogP contribution in [0.25, 0.3) is 0 Å². The van der Waals surface area contributed by atoms with Gasteiger partial charge in [0.1, 0.15) is 0 Å². The number of guanidine groups is 1. The molecule has 0 aliphatic carbocycles. The molecule has 1 N–H and O–H groups in total. The van der Waals surface area contributed by atoms with Crippen molar-refractivity contribution in [3.63, 3.8) is 0 Å². The molecule has 2 saturated heterocycles. The Balaban J connectivity index is 0.00000312. The maximum atomic E-state index is 12.1. The highest BCUT2D eigenvalue weighted by Crippen LogP contribution is 2.23. The first kappa shape index (κ1) is 22.9. The number of hydrogen-bond acceptors (Lipinski definition) is 5. The third-order valence-corrected chi connectivity index (χ3v) is 8.98. The highest BCUT2D eigenvalue weighted by atomic mass is 127. The Labute approximate surface area is 168 Å². The summed E-state index contributed by atoms with van der Waals surface area (Å²) < 4.78 is 48.5. The number of rotatable bonds is 4. The number of hydrogen-bond donors (Lipinski definition) is 1. The number of nitrogens with zero attached hydrogens (tertiary/aromatic N) is 3. The molecular formula is C14H29IN4O4S2. The van der Waals surface area contributed by atoms with Gasteiger partial charge in [-0.25, -0.2) is 21.1 Å². The molecule has 8 nitrogen and oxygen atoms in total. The molecule has 2 rings (SSSR count). The molecule has 2 fully saturated rings. The van der Waals surface area contributed by atoms with E-state index < -0.39 is 24.6 Å². The highest BCUT2D eigenvalue weighted by molar-refractivity contribution is 14.0. The van der Waals surface area contributed by atoms with E-state index in [1.54, 1.807) is 13.8 Å². The fourth-order valence-corrected chi connectivity index (χ4v) is 5.85. The first-order valence-corrected chi connectivity index (χ1v) is 11.6. The summed E-state index contributed by atoms with van der Waals surface area (Å²) in [5, 5.41) is 3.18. The van der Waals surface area contributed by atoms with Crippen molar-refractivity contribution in [3.05, 3.63) is 0 Å². The predicted molar refractivity (Wildman–Crippen MR) is 111 cm³/mol. The second-order valence-corrected chi connectivity index (χ2v) is 11.6. The summed E-state index contributed by atoms with van der Waals surface area (Å²) >= 11 is 0. The molecule has 0 atom stereocenters. The van der Waals surface area contributed by atoms with Gasteiger partial charge in [0.15, 0.2) is 15.8 Å². The minimum atomic E-state index is -3.11. The molecule has 148 valence electrons. The van der Waals surface area contributed by atoms with Gasteiger partial charge in [0.05, 0.1) is 22.8 Å². The summed E-state index contributed by atoms with van der Waals surface area (Å²) in [6.45, 7) is 8.16. The Hall–Kier alpha value is -0.140.